The van der Waals surface area contributed by atoms with Gasteiger partial charge in [0.2, 0.25) is 0 Å². The number of thiazole rings is 1. The van der Waals surface area contributed by atoms with Crippen LogP contribution in [0.5, 0.6) is 5.75 Å². The van der Waals surface area contributed by atoms with Crippen LogP contribution in [-0.2, 0) is 13.2 Å². The molecule has 5 rings (SSSR count). The first kappa shape index (κ1) is 24.1. The van der Waals surface area contributed by atoms with Crippen LogP contribution in [-0.4, -0.2) is 16.1 Å². The highest BCUT2D eigenvalue weighted by Crippen LogP contribution is 2.33. The van der Waals surface area contributed by atoms with Crippen LogP contribution < -0.4 is 10.1 Å². The van der Waals surface area contributed by atoms with Crippen LogP contribution in [0.15, 0.2) is 78.2 Å². The summed E-state index contributed by atoms with van der Waals surface area (Å²) in [5.74, 6) is 0.702. The predicted molar refractivity (Wildman–Crippen MR) is 145 cm³/mol. The van der Waals surface area contributed by atoms with Crippen LogP contribution in [0.3, 0.4) is 0 Å². The Hall–Kier alpha value is -3.64. The molecule has 0 aliphatic heterocycles. The average molecular weight is 499 g/mol. The molecular weight excluding hydrogens is 468 g/mol. The number of carbonyl (C=O) groups is 1. The van der Waals surface area contributed by atoms with Gasteiger partial charge in [-0.25, -0.2) is 9.78 Å². The largest absolute Gasteiger partial charge is 0.489 e. The number of ether oxygens (including phenoxy) is 1. The van der Waals surface area contributed by atoms with E-state index >= 15 is 0 Å². The maximum absolute atomic E-state index is 11.0. The molecule has 0 bridgehead atoms. The minimum Gasteiger partial charge on any atom is -0.489 e. The zero-order chi connectivity index (χ0) is 24.7. The Bertz CT molecular complexity index is 1280. The number of carboxylic acid groups (broad SMARTS) is 1. The van der Waals surface area contributed by atoms with E-state index in [0.29, 0.717) is 19.1 Å². The van der Waals surface area contributed by atoms with Crippen molar-refractivity contribution in [3.63, 3.8) is 0 Å². The van der Waals surface area contributed by atoms with E-state index in [1.165, 1.54) is 37.7 Å². The number of anilines is 1. The molecule has 1 aliphatic rings. The van der Waals surface area contributed by atoms with Gasteiger partial charge in [-0.2, -0.15) is 0 Å². The number of hydrogen-bond donors (Lipinski definition) is 2. The van der Waals surface area contributed by atoms with Crippen molar-refractivity contribution in [2.75, 3.05) is 5.32 Å². The Kier molecular flexibility index (Phi) is 7.62. The van der Waals surface area contributed by atoms with E-state index in [2.05, 4.69) is 59.2 Å². The lowest BCUT2D eigenvalue weighted by atomic mass is 9.84. The van der Waals surface area contributed by atoms with Gasteiger partial charge in [0.25, 0.3) is 0 Å². The summed E-state index contributed by atoms with van der Waals surface area (Å²) in [4.78, 5) is 15.7. The van der Waals surface area contributed by atoms with Gasteiger partial charge in [-0.3, -0.25) is 0 Å². The molecule has 1 aromatic heterocycles. The van der Waals surface area contributed by atoms with Gasteiger partial charge in [0.05, 0.1) is 17.8 Å². The van der Waals surface area contributed by atoms with Crippen molar-refractivity contribution >= 4 is 23.0 Å². The quantitative estimate of drug-likeness (QED) is 0.247. The van der Waals surface area contributed by atoms with Crippen molar-refractivity contribution in [3.05, 3.63) is 99.9 Å². The second-order valence-corrected chi connectivity index (χ2v) is 10.2. The molecule has 0 unspecified atom stereocenters. The fraction of sp³-hybridized carbons (Fsp3) is 0.267. The van der Waals surface area contributed by atoms with E-state index < -0.39 is 5.97 Å². The first-order valence-electron chi connectivity index (χ1n) is 12.5. The number of aromatic nitrogens is 1. The highest BCUT2D eigenvalue weighted by Gasteiger charge is 2.15. The molecule has 1 heterocycles. The average Bonchev–Trinajstić information content (AvgIpc) is 3.41. The molecule has 0 radical (unpaired) electrons. The summed E-state index contributed by atoms with van der Waals surface area (Å²) < 4.78 is 6.02. The fourth-order valence-electron chi connectivity index (χ4n) is 4.64. The van der Waals surface area contributed by atoms with Crippen LogP contribution in [0, 0.1) is 0 Å². The summed E-state index contributed by atoms with van der Waals surface area (Å²) in [6.45, 7) is 1.12. The number of aromatic carboxylic acids is 1. The molecule has 0 saturated heterocycles. The Balaban J connectivity index is 1.12. The number of nitrogens with one attached hydrogen (secondary N) is 1. The van der Waals surface area contributed by atoms with Gasteiger partial charge in [0.15, 0.2) is 0 Å². The van der Waals surface area contributed by atoms with Crippen LogP contribution in [0.1, 0.15) is 64.5 Å². The van der Waals surface area contributed by atoms with Gasteiger partial charge in [-0.15, -0.1) is 11.3 Å². The molecular formula is C30H30N2O3S. The van der Waals surface area contributed by atoms with E-state index in [0.717, 1.165) is 33.3 Å². The van der Waals surface area contributed by atoms with Crippen molar-refractivity contribution in [1.29, 1.82) is 0 Å². The molecule has 0 spiro atoms. The summed E-state index contributed by atoms with van der Waals surface area (Å²) in [6.07, 6.45) is 6.70. The lowest BCUT2D eigenvalue weighted by Crippen LogP contribution is -2.04. The molecule has 2 N–H and O–H groups in total. The summed E-state index contributed by atoms with van der Waals surface area (Å²) in [5, 5.41) is 15.3. The molecule has 1 saturated carbocycles. The van der Waals surface area contributed by atoms with E-state index in [4.69, 9.17) is 14.8 Å². The first-order chi connectivity index (χ1) is 17.6. The zero-order valence-electron chi connectivity index (χ0n) is 20.2. The molecule has 36 heavy (non-hydrogen) atoms. The number of hydrogen-bond acceptors (Lipinski definition) is 5. The Morgan fingerprint density at radius 2 is 1.67 bits per heavy atom. The first-order valence-corrected chi connectivity index (χ1v) is 13.4. The van der Waals surface area contributed by atoms with Gasteiger partial charge < -0.3 is 15.2 Å². The lowest BCUT2D eigenvalue weighted by molar-refractivity contribution is 0.0697. The molecule has 6 heteroatoms. The van der Waals surface area contributed by atoms with Crippen molar-refractivity contribution in [2.24, 2.45) is 0 Å². The van der Waals surface area contributed by atoms with E-state index in [1.807, 2.05) is 0 Å². The fourth-order valence-corrected chi connectivity index (χ4v) is 5.39. The van der Waals surface area contributed by atoms with Crippen LogP contribution >= 0.6 is 11.3 Å². The van der Waals surface area contributed by atoms with Gasteiger partial charge in [0.1, 0.15) is 17.4 Å². The molecule has 1 fully saturated rings. The third-order valence-corrected chi connectivity index (χ3v) is 7.59. The monoisotopic (exact) mass is 498 g/mol. The number of nitrogens with zero attached hydrogens (tertiary/aromatic N) is 1. The Morgan fingerprint density at radius 1 is 0.944 bits per heavy atom. The number of rotatable bonds is 9. The van der Waals surface area contributed by atoms with Gasteiger partial charge in [0, 0.05) is 16.6 Å². The molecule has 1 aliphatic carbocycles. The third kappa shape index (κ3) is 6.13. The van der Waals surface area contributed by atoms with Gasteiger partial charge in [-0.1, -0.05) is 55.7 Å². The van der Waals surface area contributed by atoms with Crippen molar-refractivity contribution in [1.82, 2.24) is 4.98 Å². The van der Waals surface area contributed by atoms with Crippen LogP contribution in [0.25, 0.3) is 11.3 Å². The van der Waals surface area contributed by atoms with Crippen LogP contribution in [0.2, 0.25) is 0 Å². The van der Waals surface area contributed by atoms with Crippen molar-refractivity contribution in [2.45, 2.75) is 51.2 Å². The standard InChI is InChI=1S/C30H30N2O3S/c33-30(34)25-10-14-26(15-11-25)31-18-29-32-28(20-36-29)24-8-6-21(7-9-24)19-35-27-16-12-23(13-17-27)22-4-2-1-3-5-22/h6-17,20,22,31H,1-5,18-19H2,(H,33,34). The van der Waals surface area contributed by atoms with Gasteiger partial charge >= 0.3 is 5.97 Å². The molecule has 3 aromatic carbocycles. The van der Waals surface area contributed by atoms with E-state index in [9.17, 15) is 4.79 Å². The van der Waals surface area contributed by atoms with Crippen molar-refractivity contribution < 1.29 is 14.6 Å². The van der Waals surface area contributed by atoms with E-state index in [1.54, 1.807) is 35.6 Å². The topological polar surface area (TPSA) is 71.5 Å². The summed E-state index contributed by atoms with van der Waals surface area (Å²) in [7, 11) is 0. The predicted octanol–water partition coefficient (Wildman–Crippen LogP) is 7.75. The molecule has 0 atom stereocenters. The maximum Gasteiger partial charge on any atom is 0.335 e. The SMILES string of the molecule is O=C(O)c1ccc(NCc2nc(-c3ccc(COc4ccc(C5CCCCC5)cc4)cc3)cs2)cc1. The molecule has 4 aromatic rings. The molecule has 0 amide bonds. The minimum absolute atomic E-state index is 0.276. The Labute approximate surface area is 215 Å². The third-order valence-electron chi connectivity index (χ3n) is 6.74. The second-order valence-electron chi connectivity index (χ2n) is 9.25. The number of carboxylic acids is 1. The smallest absolute Gasteiger partial charge is 0.335 e. The maximum atomic E-state index is 11.0. The van der Waals surface area contributed by atoms with Crippen LogP contribution in [0.4, 0.5) is 5.69 Å². The zero-order valence-corrected chi connectivity index (χ0v) is 21.0. The minimum atomic E-state index is -0.924. The summed E-state index contributed by atoms with van der Waals surface area (Å²) in [6, 6.07) is 23.7. The van der Waals surface area contributed by atoms with Crippen molar-refractivity contribution in [3.8, 4) is 17.0 Å². The Morgan fingerprint density at radius 3 is 2.36 bits per heavy atom. The van der Waals surface area contributed by atoms with E-state index in [-0.39, 0.29) is 5.56 Å². The summed E-state index contributed by atoms with van der Waals surface area (Å²) in [5.41, 5.74) is 5.73. The highest BCUT2D eigenvalue weighted by molar-refractivity contribution is 7.10. The second kappa shape index (κ2) is 11.4. The van der Waals surface area contributed by atoms with Gasteiger partial charge in [-0.05, 0) is 66.3 Å². The highest BCUT2D eigenvalue weighted by atomic mass is 32.1. The number of benzene rings is 3. The normalized spacial score (nSPS) is 13.9. The lowest BCUT2D eigenvalue weighted by Gasteiger charge is -2.22. The molecule has 5 nitrogen and oxygen atoms in total. The molecule has 184 valence electrons. The summed E-state index contributed by atoms with van der Waals surface area (Å²) >= 11 is 1.60.